The van der Waals surface area contributed by atoms with E-state index in [1.165, 1.54) is 0 Å². The standard InChI is InChI=1S/C23H30N4O4/c1-23(2)15(14-24-21(28)25-16-5-9-18(30-3)10-6-16)13-20(23)27-22(29)26-17-7-11-19(31-4)12-8-17/h5-12,15,20H,13-14H2,1-4H3,(H2,24,25,28)(H2,26,27,29). The molecule has 0 spiro atoms. The third-order valence-corrected chi connectivity index (χ3v) is 5.98. The first-order valence-electron chi connectivity index (χ1n) is 10.2. The molecule has 0 saturated heterocycles. The molecule has 0 radical (unpaired) electrons. The second-order valence-corrected chi connectivity index (χ2v) is 8.20. The molecule has 1 aliphatic carbocycles. The number of ether oxygens (including phenoxy) is 2. The monoisotopic (exact) mass is 426 g/mol. The molecule has 8 nitrogen and oxygen atoms in total. The average molecular weight is 427 g/mol. The summed E-state index contributed by atoms with van der Waals surface area (Å²) in [5.74, 6) is 1.73. The fourth-order valence-corrected chi connectivity index (χ4v) is 3.67. The number of urea groups is 2. The van der Waals surface area contributed by atoms with Crippen LogP contribution in [0.4, 0.5) is 21.0 Å². The molecule has 0 bridgehead atoms. The Balaban J connectivity index is 1.42. The van der Waals surface area contributed by atoms with Gasteiger partial charge in [-0.05, 0) is 66.3 Å². The molecular weight excluding hydrogens is 396 g/mol. The Morgan fingerprint density at radius 2 is 1.35 bits per heavy atom. The van der Waals surface area contributed by atoms with Crippen LogP contribution in [-0.2, 0) is 0 Å². The summed E-state index contributed by atoms with van der Waals surface area (Å²) >= 11 is 0. The first-order valence-corrected chi connectivity index (χ1v) is 10.2. The van der Waals surface area contributed by atoms with Crippen molar-refractivity contribution >= 4 is 23.4 Å². The van der Waals surface area contributed by atoms with E-state index in [9.17, 15) is 9.59 Å². The second-order valence-electron chi connectivity index (χ2n) is 8.20. The van der Waals surface area contributed by atoms with E-state index in [0.29, 0.717) is 17.9 Å². The van der Waals surface area contributed by atoms with Crippen molar-refractivity contribution in [1.29, 1.82) is 0 Å². The molecule has 0 aromatic heterocycles. The SMILES string of the molecule is COc1ccc(NC(=O)NCC2CC(NC(=O)Nc3ccc(OC)cc3)C2(C)C)cc1. The van der Waals surface area contributed by atoms with Crippen molar-refractivity contribution < 1.29 is 19.1 Å². The minimum atomic E-state index is -0.255. The van der Waals surface area contributed by atoms with Gasteiger partial charge in [0.15, 0.2) is 0 Å². The summed E-state index contributed by atoms with van der Waals surface area (Å²) in [4.78, 5) is 24.5. The number of hydrogen-bond acceptors (Lipinski definition) is 4. The van der Waals surface area contributed by atoms with Crippen LogP contribution in [0.5, 0.6) is 11.5 Å². The molecule has 3 rings (SSSR count). The summed E-state index contributed by atoms with van der Waals surface area (Å²) in [6, 6.07) is 13.8. The highest BCUT2D eigenvalue weighted by Crippen LogP contribution is 2.45. The maximum Gasteiger partial charge on any atom is 0.319 e. The van der Waals surface area contributed by atoms with Crippen molar-refractivity contribution in [2.24, 2.45) is 11.3 Å². The van der Waals surface area contributed by atoms with Gasteiger partial charge >= 0.3 is 12.1 Å². The van der Waals surface area contributed by atoms with Crippen molar-refractivity contribution in [3.63, 3.8) is 0 Å². The van der Waals surface area contributed by atoms with Crippen LogP contribution in [0.15, 0.2) is 48.5 Å². The van der Waals surface area contributed by atoms with Gasteiger partial charge in [-0.2, -0.15) is 0 Å². The quantitative estimate of drug-likeness (QED) is 0.536. The van der Waals surface area contributed by atoms with Gasteiger partial charge in [-0.25, -0.2) is 9.59 Å². The largest absolute Gasteiger partial charge is 0.497 e. The zero-order valence-corrected chi connectivity index (χ0v) is 18.3. The molecule has 1 saturated carbocycles. The Morgan fingerprint density at radius 3 is 1.81 bits per heavy atom. The highest BCUT2D eigenvalue weighted by atomic mass is 16.5. The van der Waals surface area contributed by atoms with Gasteiger partial charge in [-0.1, -0.05) is 13.8 Å². The third-order valence-electron chi connectivity index (χ3n) is 5.98. The lowest BCUT2D eigenvalue weighted by atomic mass is 9.58. The van der Waals surface area contributed by atoms with Crippen molar-refractivity contribution in [3.8, 4) is 11.5 Å². The minimum absolute atomic E-state index is 0.0298. The van der Waals surface area contributed by atoms with E-state index in [1.54, 1.807) is 62.8 Å². The van der Waals surface area contributed by atoms with Gasteiger partial charge in [0.2, 0.25) is 0 Å². The van der Waals surface area contributed by atoms with Crippen LogP contribution in [0.2, 0.25) is 0 Å². The fourth-order valence-electron chi connectivity index (χ4n) is 3.67. The molecule has 2 atom stereocenters. The van der Waals surface area contributed by atoms with Crippen LogP contribution in [0.25, 0.3) is 0 Å². The van der Waals surface area contributed by atoms with E-state index in [2.05, 4.69) is 35.1 Å². The van der Waals surface area contributed by atoms with Crippen molar-refractivity contribution in [2.45, 2.75) is 26.3 Å². The van der Waals surface area contributed by atoms with Gasteiger partial charge < -0.3 is 30.7 Å². The number of methoxy groups -OCH3 is 2. The normalized spacial score (nSPS) is 18.8. The summed E-state index contributed by atoms with van der Waals surface area (Å²) in [6.45, 7) is 4.73. The maximum absolute atomic E-state index is 12.3. The van der Waals surface area contributed by atoms with E-state index in [-0.39, 0.29) is 29.4 Å². The Bertz CT molecular complexity index is 897. The summed E-state index contributed by atoms with van der Waals surface area (Å²) in [5.41, 5.74) is 1.26. The molecule has 2 unspecified atom stereocenters. The van der Waals surface area contributed by atoms with Crippen LogP contribution in [0.3, 0.4) is 0 Å². The smallest absolute Gasteiger partial charge is 0.319 e. The summed E-state index contributed by atoms with van der Waals surface area (Å²) in [6.07, 6.45) is 0.797. The zero-order chi connectivity index (χ0) is 22.4. The van der Waals surface area contributed by atoms with E-state index in [1.807, 2.05) is 0 Å². The van der Waals surface area contributed by atoms with Gasteiger partial charge in [0, 0.05) is 24.0 Å². The van der Waals surface area contributed by atoms with Gasteiger partial charge in [0.25, 0.3) is 0 Å². The van der Waals surface area contributed by atoms with E-state index < -0.39 is 0 Å². The predicted molar refractivity (Wildman–Crippen MR) is 121 cm³/mol. The Labute approximate surface area is 182 Å². The second kappa shape index (κ2) is 9.59. The molecule has 4 amide bonds. The zero-order valence-electron chi connectivity index (χ0n) is 18.3. The van der Waals surface area contributed by atoms with Gasteiger partial charge in [0.1, 0.15) is 11.5 Å². The van der Waals surface area contributed by atoms with Crippen molar-refractivity contribution in [2.75, 3.05) is 31.4 Å². The molecule has 0 aliphatic heterocycles. The predicted octanol–water partition coefficient (Wildman–Crippen LogP) is 4.06. The van der Waals surface area contributed by atoms with Crippen LogP contribution in [0, 0.1) is 11.3 Å². The molecule has 0 heterocycles. The molecule has 166 valence electrons. The summed E-state index contributed by atoms with van der Waals surface area (Å²) in [5, 5.41) is 11.6. The number of hydrogen-bond donors (Lipinski definition) is 4. The number of carbonyl (C=O) groups is 2. The number of amides is 4. The van der Waals surface area contributed by atoms with E-state index >= 15 is 0 Å². The molecule has 1 aliphatic rings. The van der Waals surface area contributed by atoms with Crippen molar-refractivity contribution in [1.82, 2.24) is 10.6 Å². The fraction of sp³-hybridized carbons (Fsp3) is 0.391. The summed E-state index contributed by atoms with van der Waals surface area (Å²) < 4.78 is 10.2. The molecule has 31 heavy (non-hydrogen) atoms. The maximum atomic E-state index is 12.3. The molecule has 2 aromatic rings. The van der Waals surface area contributed by atoms with E-state index in [4.69, 9.17) is 9.47 Å². The molecular formula is C23H30N4O4. The first-order chi connectivity index (χ1) is 14.8. The number of nitrogens with one attached hydrogen (secondary N) is 4. The van der Waals surface area contributed by atoms with Gasteiger partial charge in [-0.15, -0.1) is 0 Å². The summed E-state index contributed by atoms with van der Waals surface area (Å²) in [7, 11) is 3.20. The Hall–Kier alpha value is -3.42. The highest BCUT2D eigenvalue weighted by Gasteiger charge is 2.48. The van der Waals surface area contributed by atoms with Crippen molar-refractivity contribution in [3.05, 3.63) is 48.5 Å². The molecule has 2 aromatic carbocycles. The molecule has 4 N–H and O–H groups in total. The Morgan fingerprint density at radius 1 is 0.871 bits per heavy atom. The van der Waals surface area contributed by atoms with Crippen LogP contribution >= 0.6 is 0 Å². The van der Waals surface area contributed by atoms with E-state index in [0.717, 1.165) is 17.9 Å². The van der Waals surface area contributed by atoms with Crippen LogP contribution in [-0.4, -0.2) is 38.9 Å². The lowest BCUT2D eigenvalue weighted by molar-refractivity contribution is 0.0244. The number of anilines is 2. The number of rotatable bonds is 7. The first kappa shape index (κ1) is 22.3. The van der Waals surface area contributed by atoms with Crippen LogP contribution < -0.4 is 30.7 Å². The van der Waals surface area contributed by atoms with Crippen LogP contribution in [0.1, 0.15) is 20.3 Å². The molecule has 8 heteroatoms. The lowest BCUT2D eigenvalue weighted by Gasteiger charge is -2.52. The molecule has 1 fully saturated rings. The average Bonchev–Trinajstić information content (AvgIpc) is 2.76. The number of benzene rings is 2. The van der Waals surface area contributed by atoms with Gasteiger partial charge in [0.05, 0.1) is 14.2 Å². The minimum Gasteiger partial charge on any atom is -0.497 e. The highest BCUT2D eigenvalue weighted by molar-refractivity contribution is 5.90. The number of carbonyl (C=O) groups excluding carboxylic acids is 2. The lowest BCUT2D eigenvalue weighted by Crippen LogP contribution is -2.61. The topological polar surface area (TPSA) is 101 Å². The van der Waals surface area contributed by atoms with Gasteiger partial charge in [-0.3, -0.25) is 0 Å². The Kier molecular flexibility index (Phi) is 6.89. The third kappa shape index (κ3) is 5.59.